The fourth-order valence-corrected chi connectivity index (χ4v) is 3.96. The molecule has 1 aliphatic rings. The number of pyridine rings is 1. The number of fused-ring (bicyclic) bond motifs is 1. The summed E-state index contributed by atoms with van der Waals surface area (Å²) in [6.07, 6.45) is 3.84. The van der Waals surface area contributed by atoms with Crippen molar-refractivity contribution in [1.82, 2.24) is 9.88 Å². The van der Waals surface area contributed by atoms with E-state index >= 15 is 0 Å². The lowest BCUT2D eigenvalue weighted by Crippen LogP contribution is -2.36. The molecule has 0 bridgehead atoms. The lowest BCUT2D eigenvalue weighted by molar-refractivity contribution is 0.264. The van der Waals surface area contributed by atoms with E-state index in [4.69, 9.17) is 17.3 Å². The summed E-state index contributed by atoms with van der Waals surface area (Å²) in [5.74, 6) is 0.126. The maximum absolute atomic E-state index is 14.5. The van der Waals surface area contributed by atoms with Crippen LogP contribution in [0.2, 0.25) is 5.02 Å². The topological polar surface area (TPSA) is 54.2 Å². The minimum absolute atomic E-state index is 0.338. The molecule has 1 aliphatic heterocycles. The highest BCUT2D eigenvalue weighted by Gasteiger charge is 2.19. The fourth-order valence-electron chi connectivity index (χ4n) is 3.68. The van der Waals surface area contributed by atoms with Gasteiger partial charge in [-0.1, -0.05) is 17.7 Å². The summed E-state index contributed by atoms with van der Waals surface area (Å²) >= 11 is 6.30. The second kappa shape index (κ2) is 7.33. The third-order valence-corrected chi connectivity index (χ3v) is 5.50. The number of anilines is 2. The Morgan fingerprint density at radius 1 is 1.22 bits per heavy atom. The number of nitrogens with zero attached hydrogens (tertiary/aromatic N) is 2. The van der Waals surface area contributed by atoms with Crippen molar-refractivity contribution in [3.05, 3.63) is 53.4 Å². The molecule has 140 valence electrons. The highest BCUT2D eigenvalue weighted by atomic mass is 35.5. The van der Waals surface area contributed by atoms with E-state index in [0.29, 0.717) is 22.4 Å². The SMILES string of the molecule is CN1CCC(Nc2cc(-c3c(F)cccc3Cl)cc3cnc(N)cc23)CC1. The van der Waals surface area contributed by atoms with Crippen LogP contribution in [0.3, 0.4) is 0 Å². The molecule has 0 amide bonds. The molecule has 6 heteroatoms. The molecule has 27 heavy (non-hydrogen) atoms. The smallest absolute Gasteiger partial charge is 0.132 e. The Hall–Kier alpha value is -2.37. The Kier molecular flexibility index (Phi) is 4.89. The average Bonchev–Trinajstić information content (AvgIpc) is 2.64. The number of nitrogens with two attached hydrogens (primary N) is 1. The van der Waals surface area contributed by atoms with Crippen LogP contribution in [0.15, 0.2) is 42.6 Å². The largest absolute Gasteiger partial charge is 0.384 e. The van der Waals surface area contributed by atoms with Gasteiger partial charge in [0.2, 0.25) is 0 Å². The third kappa shape index (κ3) is 3.70. The number of aromatic nitrogens is 1. The van der Waals surface area contributed by atoms with Gasteiger partial charge in [0.15, 0.2) is 0 Å². The summed E-state index contributed by atoms with van der Waals surface area (Å²) in [5.41, 5.74) is 7.99. The van der Waals surface area contributed by atoms with Gasteiger partial charge in [0.1, 0.15) is 11.6 Å². The molecular formula is C21H22ClFN4. The summed E-state index contributed by atoms with van der Waals surface area (Å²) in [6, 6.07) is 10.8. The van der Waals surface area contributed by atoms with Crippen LogP contribution in [-0.2, 0) is 0 Å². The molecule has 0 spiro atoms. The number of rotatable bonds is 3. The normalized spacial score (nSPS) is 16.0. The van der Waals surface area contributed by atoms with Crippen molar-refractivity contribution in [2.24, 2.45) is 0 Å². The predicted octanol–water partition coefficient (Wildman–Crippen LogP) is 4.78. The number of piperidine rings is 1. The standard InChI is InChI=1S/C21H22ClFN4/c1-27-7-5-15(6-8-27)26-19-10-13(21-17(22)3-2-4-18(21)23)9-14-12-25-20(24)11-16(14)19/h2-4,9-12,15,26H,5-8H2,1H3,(H2,24,25). The van der Waals surface area contributed by atoms with E-state index in [-0.39, 0.29) is 5.82 Å². The van der Waals surface area contributed by atoms with Gasteiger partial charge in [0.25, 0.3) is 0 Å². The first-order valence-corrected chi connectivity index (χ1v) is 9.48. The van der Waals surface area contributed by atoms with Crippen LogP contribution >= 0.6 is 11.6 Å². The maximum Gasteiger partial charge on any atom is 0.132 e. The van der Waals surface area contributed by atoms with Gasteiger partial charge < -0.3 is 16.0 Å². The summed E-state index contributed by atoms with van der Waals surface area (Å²) in [6.45, 7) is 2.11. The van der Waals surface area contributed by atoms with E-state index in [9.17, 15) is 4.39 Å². The molecule has 1 saturated heterocycles. The van der Waals surface area contributed by atoms with Crippen molar-refractivity contribution in [1.29, 1.82) is 0 Å². The van der Waals surface area contributed by atoms with Crippen molar-refractivity contribution in [3.63, 3.8) is 0 Å². The predicted molar refractivity (Wildman–Crippen MR) is 111 cm³/mol. The van der Waals surface area contributed by atoms with Crippen LogP contribution in [0, 0.1) is 5.82 Å². The van der Waals surface area contributed by atoms with E-state index in [0.717, 1.165) is 48.0 Å². The van der Waals surface area contributed by atoms with Gasteiger partial charge in [0.05, 0.1) is 5.02 Å². The van der Waals surface area contributed by atoms with Crippen LogP contribution in [0.25, 0.3) is 21.9 Å². The molecule has 0 saturated carbocycles. The first-order valence-electron chi connectivity index (χ1n) is 9.10. The molecule has 0 unspecified atom stereocenters. The molecule has 2 aromatic carbocycles. The number of nitrogens with one attached hydrogen (secondary N) is 1. The first-order chi connectivity index (χ1) is 13.0. The lowest BCUT2D eigenvalue weighted by atomic mass is 9.98. The van der Waals surface area contributed by atoms with Crippen LogP contribution in [0.4, 0.5) is 15.9 Å². The lowest BCUT2D eigenvalue weighted by Gasteiger charge is -2.30. The number of likely N-dealkylation sites (tertiary alicyclic amines) is 1. The summed E-state index contributed by atoms with van der Waals surface area (Å²) < 4.78 is 14.5. The van der Waals surface area contributed by atoms with Gasteiger partial charge in [-0.3, -0.25) is 0 Å². The first kappa shape index (κ1) is 18.0. The molecule has 4 nitrogen and oxygen atoms in total. The van der Waals surface area contributed by atoms with E-state index in [1.807, 2.05) is 18.2 Å². The Labute approximate surface area is 163 Å². The van der Waals surface area contributed by atoms with Crippen molar-refractivity contribution >= 4 is 33.9 Å². The van der Waals surface area contributed by atoms with Gasteiger partial charge >= 0.3 is 0 Å². The number of benzene rings is 2. The van der Waals surface area contributed by atoms with Crippen LogP contribution in [0.1, 0.15) is 12.8 Å². The average molecular weight is 385 g/mol. The quantitative estimate of drug-likeness (QED) is 0.682. The third-order valence-electron chi connectivity index (χ3n) is 5.19. The Bertz CT molecular complexity index is 963. The maximum atomic E-state index is 14.5. The van der Waals surface area contributed by atoms with E-state index < -0.39 is 0 Å². The summed E-state index contributed by atoms with van der Waals surface area (Å²) in [4.78, 5) is 6.53. The van der Waals surface area contributed by atoms with Crippen LogP contribution in [0.5, 0.6) is 0 Å². The van der Waals surface area contributed by atoms with Gasteiger partial charge in [0, 0.05) is 34.3 Å². The molecular weight excluding hydrogens is 363 g/mol. The van der Waals surface area contributed by atoms with Crippen molar-refractivity contribution in [2.45, 2.75) is 18.9 Å². The molecule has 0 aliphatic carbocycles. The van der Waals surface area contributed by atoms with E-state index in [2.05, 4.69) is 22.2 Å². The summed E-state index contributed by atoms with van der Waals surface area (Å²) in [5, 5.41) is 5.92. The zero-order valence-corrected chi connectivity index (χ0v) is 15.9. The fraction of sp³-hybridized carbons (Fsp3) is 0.286. The van der Waals surface area contributed by atoms with Gasteiger partial charge in [-0.2, -0.15) is 0 Å². The Morgan fingerprint density at radius 3 is 2.74 bits per heavy atom. The van der Waals surface area contributed by atoms with Crippen molar-refractivity contribution in [3.8, 4) is 11.1 Å². The number of hydrogen-bond acceptors (Lipinski definition) is 4. The minimum Gasteiger partial charge on any atom is -0.384 e. The van der Waals surface area contributed by atoms with Crippen LogP contribution in [-0.4, -0.2) is 36.1 Å². The second-order valence-electron chi connectivity index (χ2n) is 7.17. The Balaban J connectivity index is 1.81. The number of hydrogen-bond donors (Lipinski definition) is 2. The monoisotopic (exact) mass is 384 g/mol. The highest BCUT2D eigenvalue weighted by molar-refractivity contribution is 6.33. The van der Waals surface area contributed by atoms with E-state index in [1.54, 1.807) is 18.3 Å². The molecule has 3 N–H and O–H groups in total. The molecule has 4 rings (SSSR count). The molecule has 3 aromatic rings. The molecule has 0 radical (unpaired) electrons. The summed E-state index contributed by atoms with van der Waals surface area (Å²) in [7, 11) is 2.14. The molecule has 2 heterocycles. The number of nitrogen functional groups attached to an aromatic ring is 1. The van der Waals surface area contributed by atoms with Crippen molar-refractivity contribution in [2.75, 3.05) is 31.2 Å². The van der Waals surface area contributed by atoms with Gasteiger partial charge in [-0.05, 0) is 68.9 Å². The highest BCUT2D eigenvalue weighted by Crippen LogP contribution is 2.37. The zero-order valence-electron chi connectivity index (χ0n) is 15.2. The minimum atomic E-state index is -0.338. The van der Waals surface area contributed by atoms with Gasteiger partial charge in [-0.15, -0.1) is 0 Å². The van der Waals surface area contributed by atoms with Crippen molar-refractivity contribution < 1.29 is 4.39 Å². The molecule has 1 fully saturated rings. The van der Waals surface area contributed by atoms with Gasteiger partial charge in [-0.25, -0.2) is 9.37 Å². The number of halogens is 2. The van der Waals surface area contributed by atoms with Crippen LogP contribution < -0.4 is 11.1 Å². The molecule has 1 aromatic heterocycles. The molecule has 0 atom stereocenters. The zero-order chi connectivity index (χ0) is 19.0. The Morgan fingerprint density at radius 2 is 2.00 bits per heavy atom. The van der Waals surface area contributed by atoms with E-state index in [1.165, 1.54) is 6.07 Å². The second-order valence-corrected chi connectivity index (χ2v) is 7.58.